The van der Waals surface area contributed by atoms with Crippen LogP contribution >= 0.6 is 0 Å². The summed E-state index contributed by atoms with van der Waals surface area (Å²) < 4.78 is 24.9. The van der Waals surface area contributed by atoms with Gasteiger partial charge in [0.05, 0.1) is 5.75 Å². The molecule has 0 saturated carbocycles. The Morgan fingerprint density at radius 3 is 1.96 bits per heavy atom. The molecule has 0 unspecified atom stereocenters. The Labute approximate surface area is 162 Å². The van der Waals surface area contributed by atoms with Crippen molar-refractivity contribution in [2.24, 2.45) is 0 Å². The van der Waals surface area contributed by atoms with Crippen LogP contribution in [0.25, 0.3) is 0 Å². The Balaban J connectivity index is 2.07. The Kier molecular flexibility index (Phi) is 6.15. The van der Waals surface area contributed by atoms with E-state index < -0.39 is 21.5 Å². The van der Waals surface area contributed by atoms with Crippen molar-refractivity contribution in [2.75, 3.05) is 11.1 Å². The number of aryl methyl sites for hydroxylation is 3. The van der Waals surface area contributed by atoms with Crippen molar-refractivity contribution in [2.45, 2.75) is 52.7 Å². The van der Waals surface area contributed by atoms with Gasteiger partial charge in [-0.3, -0.25) is 4.79 Å². The molecule has 0 saturated heterocycles. The lowest BCUT2D eigenvalue weighted by atomic mass is 9.87. The molecule has 0 heterocycles. The van der Waals surface area contributed by atoms with E-state index in [1.54, 1.807) is 0 Å². The van der Waals surface area contributed by atoms with E-state index in [1.807, 2.05) is 57.2 Å². The molecule has 0 fully saturated rings. The zero-order chi connectivity index (χ0) is 20.4. The molecule has 0 aliphatic carbocycles. The minimum Gasteiger partial charge on any atom is -0.325 e. The van der Waals surface area contributed by atoms with E-state index in [4.69, 9.17) is 0 Å². The summed E-state index contributed by atoms with van der Waals surface area (Å²) in [6, 6.07) is 11.5. The summed E-state index contributed by atoms with van der Waals surface area (Å²) in [7, 11) is -3.55. The van der Waals surface area contributed by atoms with Gasteiger partial charge in [-0.1, -0.05) is 62.7 Å². The van der Waals surface area contributed by atoms with Gasteiger partial charge in [0.25, 0.3) is 0 Å². The molecule has 1 N–H and O–H groups in total. The van der Waals surface area contributed by atoms with Gasteiger partial charge in [-0.05, 0) is 48.4 Å². The maximum atomic E-state index is 12.4. The quantitative estimate of drug-likeness (QED) is 0.824. The minimum atomic E-state index is -3.55. The number of sulfone groups is 1. The lowest BCUT2D eigenvalue weighted by molar-refractivity contribution is -0.113. The summed E-state index contributed by atoms with van der Waals surface area (Å²) in [5.74, 6) is -1.17. The predicted octanol–water partition coefficient (Wildman–Crippen LogP) is 4.46. The summed E-state index contributed by atoms with van der Waals surface area (Å²) in [6.45, 7) is 12.1. The highest BCUT2D eigenvalue weighted by molar-refractivity contribution is 7.91. The lowest BCUT2D eigenvalue weighted by Gasteiger charge is -2.19. The normalized spacial score (nSPS) is 12.1. The van der Waals surface area contributed by atoms with Crippen LogP contribution in [0.4, 0.5) is 5.69 Å². The number of anilines is 1. The summed E-state index contributed by atoms with van der Waals surface area (Å²) in [5, 5.41) is 2.76. The number of carbonyl (C=O) groups excluding carboxylic acids is 1. The van der Waals surface area contributed by atoms with E-state index in [1.165, 1.54) is 0 Å². The van der Waals surface area contributed by atoms with Gasteiger partial charge >= 0.3 is 0 Å². The zero-order valence-corrected chi connectivity index (χ0v) is 17.8. The molecule has 1 amide bonds. The van der Waals surface area contributed by atoms with Crippen molar-refractivity contribution < 1.29 is 13.2 Å². The summed E-state index contributed by atoms with van der Waals surface area (Å²) in [4.78, 5) is 12.3. The maximum Gasteiger partial charge on any atom is 0.239 e. The number of nitrogens with one attached hydrogen (secondary N) is 1. The van der Waals surface area contributed by atoms with Gasteiger partial charge in [0, 0.05) is 5.69 Å². The van der Waals surface area contributed by atoms with Gasteiger partial charge in [0.1, 0.15) is 5.75 Å². The Morgan fingerprint density at radius 1 is 0.963 bits per heavy atom. The highest BCUT2D eigenvalue weighted by Gasteiger charge is 2.20. The molecule has 2 aromatic carbocycles. The predicted molar refractivity (Wildman–Crippen MR) is 112 cm³/mol. The first kappa shape index (κ1) is 21.2. The van der Waals surface area contributed by atoms with Crippen molar-refractivity contribution in [3.63, 3.8) is 0 Å². The van der Waals surface area contributed by atoms with E-state index in [2.05, 4.69) is 26.1 Å². The van der Waals surface area contributed by atoms with Gasteiger partial charge in [-0.15, -0.1) is 0 Å². The highest BCUT2D eigenvalue weighted by atomic mass is 32.2. The highest BCUT2D eigenvalue weighted by Crippen LogP contribution is 2.23. The molecule has 5 heteroatoms. The van der Waals surface area contributed by atoms with E-state index in [0.29, 0.717) is 11.3 Å². The molecular weight excluding hydrogens is 358 g/mol. The molecule has 0 aromatic heterocycles. The average Bonchev–Trinajstić information content (AvgIpc) is 2.49. The molecule has 0 aliphatic rings. The van der Waals surface area contributed by atoms with Gasteiger partial charge in [-0.2, -0.15) is 0 Å². The number of benzene rings is 2. The van der Waals surface area contributed by atoms with Crippen LogP contribution in [-0.4, -0.2) is 20.1 Å². The monoisotopic (exact) mass is 387 g/mol. The van der Waals surface area contributed by atoms with Crippen molar-refractivity contribution in [3.8, 4) is 0 Å². The molecule has 0 bridgehead atoms. The van der Waals surface area contributed by atoms with Crippen LogP contribution in [0.5, 0.6) is 0 Å². The van der Waals surface area contributed by atoms with Gasteiger partial charge < -0.3 is 5.32 Å². The van der Waals surface area contributed by atoms with Crippen LogP contribution < -0.4 is 5.32 Å². The van der Waals surface area contributed by atoms with Crippen LogP contribution in [-0.2, 0) is 25.8 Å². The van der Waals surface area contributed by atoms with E-state index in [9.17, 15) is 13.2 Å². The number of rotatable bonds is 5. The molecule has 2 aromatic rings. The third-order valence-corrected chi connectivity index (χ3v) is 5.97. The fourth-order valence-electron chi connectivity index (χ4n) is 3.16. The van der Waals surface area contributed by atoms with Crippen molar-refractivity contribution in [1.29, 1.82) is 0 Å². The zero-order valence-electron chi connectivity index (χ0n) is 17.0. The van der Waals surface area contributed by atoms with Crippen LogP contribution in [0.3, 0.4) is 0 Å². The van der Waals surface area contributed by atoms with Crippen LogP contribution in [0.1, 0.15) is 48.6 Å². The first-order valence-electron chi connectivity index (χ1n) is 9.05. The van der Waals surface area contributed by atoms with E-state index >= 15 is 0 Å². The van der Waals surface area contributed by atoms with E-state index in [0.717, 1.165) is 22.3 Å². The second-order valence-corrected chi connectivity index (χ2v) is 10.4. The summed E-state index contributed by atoms with van der Waals surface area (Å²) in [6.07, 6.45) is 0. The Bertz CT molecular complexity index is 914. The van der Waals surface area contributed by atoms with Crippen LogP contribution in [0.2, 0.25) is 0 Å². The smallest absolute Gasteiger partial charge is 0.239 e. The molecule has 0 radical (unpaired) electrons. The second-order valence-electron chi connectivity index (χ2n) is 8.30. The van der Waals surface area contributed by atoms with Crippen LogP contribution in [0, 0.1) is 20.8 Å². The average molecular weight is 388 g/mol. The molecule has 146 valence electrons. The summed E-state index contributed by atoms with van der Waals surface area (Å²) in [5.41, 5.74) is 5.50. The molecule has 2 rings (SSSR count). The van der Waals surface area contributed by atoms with Crippen molar-refractivity contribution >= 4 is 21.4 Å². The fraction of sp³-hybridized carbons (Fsp3) is 0.409. The standard InChI is InChI=1S/C22H29NO3S/c1-15-11-16(2)21(17(3)12-15)23-20(24)14-27(25,26)13-18-7-9-19(10-8-18)22(4,5)6/h7-12H,13-14H2,1-6H3,(H,23,24). The van der Waals surface area contributed by atoms with Gasteiger partial charge in [-0.25, -0.2) is 8.42 Å². The third kappa shape index (κ3) is 5.93. The molecule has 0 atom stereocenters. The molecular formula is C22H29NO3S. The number of amides is 1. The van der Waals surface area contributed by atoms with Gasteiger partial charge in [0.15, 0.2) is 9.84 Å². The first-order valence-corrected chi connectivity index (χ1v) is 10.9. The molecule has 27 heavy (non-hydrogen) atoms. The molecule has 0 spiro atoms. The number of hydrogen-bond acceptors (Lipinski definition) is 3. The second kappa shape index (κ2) is 7.85. The van der Waals surface area contributed by atoms with E-state index in [-0.39, 0.29) is 11.2 Å². The lowest BCUT2D eigenvalue weighted by Crippen LogP contribution is -2.24. The van der Waals surface area contributed by atoms with Gasteiger partial charge in [0.2, 0.25) is 5.91 Å². The summed E-state index contributed by atoms with van der Waals surface area (Å²) >= 11 is 0. The first-order chi connectivity index (χ1) is 12.4. The SMILES string of the molecule is Cc1cc(C)c(NC(=O)CS(=O)(=O)Cc2ccc(C(C)(C)C)cc2)c(C)c1. The fourth-order valence-corrected chi connectivity index (χ4v) is 4.43. The van der Waals surface area contributed by atoms with Crippen LogP contribution in [0.15, 0.2) is 36.4 Å². The number of hydrogen-bond donors (Lipinski definition) is 1. The minimum absolute atomic E-state index is 0.0149. The Hall–Kier alpha value is -2.14. The molecule has 0 aliphatic heterocycles. The van der Waals surface area contributed by atoms with Crippen molar-refractivity contribution in [3.05, 3.63) is 64.2 Å². The molecule has 4 nitrogen and oxygen atoms in total. The third-order valence-electron chi connectivity index (χ3n) is 4.50. The van der Waals surface area contributed by atoms with Crippen molar-refractivity contribution in [1.82, 2.24) is 0 Å². The number of carbonyl (C=O) groups is 1. The largest absolute Gasteiger partial charge is 0.325 e. The maximum absolute atomic E-state index is 12.4. The Morgan fingerprint density at radius 2 is 1.48 bits per heavy atom. The topological polar surface area (TPSA) is 63.2 Å².